The van der Waals surface area contributed by atoms with Crippen LogP contribution < -0.4 is 0 Å². The van der Waals surface area contributed by atoms with Gasteiger partial charge in [-0.2, -0.15) is 9.78 Å². The zero-order valence-corrected chi connectivity index (χ0v) is 25.0. The molecule has 0 spiro atoms. The third kappa shape index (κ3) is 9.72. The van der Waals surface area contributed by atoms with Gasteiger partial charge in [0.05, 0.1) is 11.8 Å². The fourth-order valence-corrected chi connectivity index (χ4v) is 3.58. The predicted molar refractivity (Wildman–Crippen MR) is 147 cm³/mol. The van der Waals surface area contributed by atoms with Gasteiger partial charge in [-0.05, 0) is 92.1 Å². The van der Waals surface area contributed by atoms with E-state index in [0.29, 0.717) is 11.8 Å². The lowest BCUT2D eigenvalue weighted by Gasteiger charge is -2.25. The first-order valence-electron chi connectivity index (χ1n) is 13.4. The van der Waals surface area contributed by atoms with Crippen LogP contribution in [0.1, 0.15) is 116 Å². The molecule has 0 aliphatic rings. The molecule has 0 N–H and O–H groups in total. The molecule has 0 amide bonds. The number of carbonyl (C=O) groups is 2. The van der Waals surface area contributed by atoms with Gasteiger partial charge in [0.25, 0.3) is 0 Å². The van der Waals surface area contributed by atoms with Crippen molar-refractivity contribution in [1.82, 2.24) is 0 Å². The summed E-state index contributed by atoms with van der Waals surface area (Å²) in [4.78, 5) is 45.3. The van der Waals surface area contributed by atoms with Gasteiger partial charge in [-0.15, -0.1) is 0 Å². The lowest BCUT2D eigenvalue weighted by molar-refractivity contribution is -0.522. The van der Waals surface area contributed by atoms with Crippen molar-refractivity contribution >= 4 is 11.9 Å². The summed E-state index contributed by atoms with van der Waals surface area (Å²) in [5.41, 5.74) is 1.31. The first-order chi connectivity index (χ1) is 18.0. The minimum absolute atomic E-state index is 0.108. The molecule has 2 rings (SSSR count). The molecule has 0 heterocycles. The van der Waals surface area contributed by atoms with Crippen LogP contribution in [0.3, 0.4) is 0 Å². The van der Waals surface area contributed by atoms with Crippen molar-refractivity contribution in [2.45, 2.75) is 105 Å². The van der Waals surface area contributed by atoms with Gasteiger partial charge in [0, 0.05) is 0 Å². The van der Waals surface area contributed by atoms with Gasteiger partial charge in [0.2, 0.25) is 0 Å². The van der Waals surface area contributed by atoms with Crippen LogP contribution in [0, 0.1) is 5.41 Å². The Labute approximate surface area is 232 Å². The van der Waals surface area contributed by atoms with Crippen molar-refractivity contribution in [1.29, 1.82) is 0 Å². The Morgan fingerprint density at radius 3 is 1.56 bits per heavy atom. The van der Waals surface area contributed by atoms with Gasteiger partial charge in [-0.1, -0.05) is 76.2 Å². The van der Waals surface area contributed by atoms with Crippen LogP contribution in [0.25, 0.3) is 0 Å². The molecule has 39 heavy (non-hydrogen) atoms. The van der Waals surface area contributed by atoms with E-state index in [9.17, 15) is 9.59 Å². The average molecular weight is 545 g/mol. The summed E-state index contributed by atoms with van der Waals surface area (Å²) in [7, 11) is 0. The van der Waals surface area contributed by atoms with E-state index in [0.717, 1.165) is 22.3 Å². The summed E-state index contributed by atoms with van der Waals surface area (Å²) in [5.74, 6) is -0.659. The van der Waals surface area contributed by atoms with Gasteiger partial charge in [0.15, 0.2) is 0 Å². The van der Waals surface area contributed by atoms with Gasteiger partial charge in [-0.3, -0.25) is 9.78 Å². The van der Waals surface area contributed by atoms with Crippen molar-refractivity contribution in [2.75, 3.05) is 0 Å². The molecular formula is C31H44O8. The standard InChI is InChI=1S/C31H44O8/c1-21(2)23-13-11-15-25(19-23)30(7,8)36-38-34-27(32)17-18-29(5,6)28(33)35-39-37-31(9,10)26-16-12-14-24(20-26)22(3)4/h11-16,19-22H,17-18H2,1-10H3. The van der Waals surface area contributed by atoms with Crippen LogP contribution in [0.15, 0.2) is 48.5 Å². The highest BCUT2D eigenvalue weighted by atomic mass is 17.5. The topological polar surface area (TPSA) is 89.5 Å². The number of rotatable bonds is 14. The summed E-state index contributed by atoms with van der Waals surface area (Å²) in [6.45, 7) is 18.9. The summed E-state index contributed by atoms with van der Waals surface area (Å²) in [6.07, 6.45) is 0.0140. The third-order valence-corrected chi connectivity index (χ3v) is 6.73. The summed E-state index contributed by atoms with van der Waals surface area (Å²) < 4.78 is 0. The van der Waals surface area contributed by atoms with Crippen LogP contribution in [0.2, 0.25) is 0 Å². The molecule has 2 aromatic rings. The Morgan fingerprint density at radius 2 is 1.13 bits per heavy atom. The molecule has 0 saturated heterocycles. The van der Waals surface area contributed by atoms with Gasteiger partial charge in [-0.25, -0.2) is 9.59 Å². The third-order valence-electron chi connectivity index (χ3n) is 6.73. The highest BCUT2D eigenvalue weighted by Crippen LogP contribution is 2.30. The van der Waals surface area contributed by atoms with E-state index in [-0.39, 0.29) is 12.8 Å². The lowest BCUT2D eigenvalue weighted by atomic mass is 9.88. The zero-order valence-electron chi connectivity index (χ0n) is 25.0. The summed E-state index contributed by atoms with van der Waals surface area (Å²) in [6, 6.07) is 15.9. The van der Waals surface area contributed by atoms with Crippen molar-refractivity contribution in [3.05, 3.63) is 70.8 Å². The molecule has 2 aromatic carbocycles. The molecule has 8 heteroatoms. The van der Waals surface area contributed by atoms with Crippen LogP contribution in [-0.4, -0.2) is 11.9 Å². The Kier molecular flexibility index (Phi) is 11.2. The Hall–Kier alpha value is -2.78. The van der Waals surface area contributed by atoms with Crippen LogP contribution in [0.4, 0.5) is 0 Å². The minimum Gasteiger partial charge on any atom is -0.269 e. The van der Waals surface area contributed by atoms with Crippen LogP contribution in [0.5, 0.6) is 0 Å². The highest BCUT2D eigenvalue weighted by Gasteiger charge is 2.33. The summed E-state index contributed by atoms with van der Waals surface area (Å²) in [5, 5.41) is 9.66. The molecule has 0 bridgehead atoms. The van der Waals surface area contributed by atoms with E-state index in [4.69, 9.17) is 29.6 Å². The van der Waals surface area contributed by atoms with E-state index in [1.807, 2.05) is 76.2 Å². The molecule has 0 aliphatic heterocycles. The molecular weight excluding hydrogens is 500 g/mol. The number of benzene rings is 2. The van der Waals surface area contributed by atoms with Crippen molar-refractivity contribution in [2.24, 2.45) is 5.41 Å². The number of hydrogen-bond acceptors (Lipinski definition) is 8. The molecule has 216 valence electrons. The van der Waals surface area contributed by atoms with E-state index in [1.54, 1.807) is 13.8 Å². The van der Waals surface area contributed by atoms with Gasteiger partial charge in [0.1, 0.15) is 11.2 Å². The maximum atomic E-state index is 12.6. The van der Waals surface area contributed by atoms with Crippen molar-refractivity contribution in [3.8, 4) is 0 Å². The Morgan fingerprint density at radius 1 is 0.692 bits per heavy atom. The fourth-order valence-electron chi connectivity index (χ4n) is 3.58. The highest BCUT2D eigenvalue weighted by molar-refractivity contribution is 5.76. The minimum atomic E-state index is -1.05. The molecule has 8 nitrogen and oxygen atoms in total. The van der Waals surface area contributed by atoms with Gasteiger partial charge >= 0.3 is 11.9 Å². The molecule has 0 atom stereocenters. The fraction of sp³-hybridized carbons (Fsp3) is 0.548. The quantitative estimate of drug-likeness (QED) is 0.176. The van der Waals surface area contributed by atoms with Gasteiger partial charge < -0.3 is 0 Å². The Balaban J connectivity index is 1.79. The monoisotopic (exact) mass is 544 g/mol. The Bertz CT molecular complexity index is 1100. The molecule has 0 fully saturated rings. The van der Waals surface area contributed by atoms with E-state index in [1.165, 1.54) is 0 Å². The lowest BCUT2D eigenvalue weighted by Crippen LogP contribution is -2.30. The molecule has 0 aromatic heterocycles. The maximum Gasteiger partial charge on any atom is 0.351 e. The predicted octanol–water partition coefficient (Wildman–Crippen LogP) is 7.72. The first-order valence-corrected chi connectivity index (χ1v) is 13.4. The maximum absolute atomic E-state index is 12.6. The molecule has 0 saturated carbocycles. The van der Waals surface area contributed by atoms with E-state index < -0.39 is 28.6 Å². The number of hydrogen-bond donors (Lipinski definition) is 0. The van der Waals surface area contributed by atoms with E-state index in [2.05, 4.69) is 27.7 Å². The second-order valence-corrected chi connectivity index (χ2v) is 12.1. The van der Waals surface area contributed by atoms with Crippen molar-refractivity contribution < 1.29 is 39.2 Å². The van der Waals surface area contributed by atoms with Crippen molar-refractivity contribution in [3.63, 3.8) is 0 Å². The second kappa shape index (κ2) is 13.5. The average Bonchev–Trinajstić information content (AvgIpc) is 2.87. The number of carbonyl (C=O) groups excluding carboxylic acids is 2. The SMILES string of the molecule is CC(C)c1cccc(C(C)(C)OOOC(=O)CCC(C)(C)C(=O)OOOC(C)(C)c2cccc(C(C)C)c2)c1. The van der Waals surface area contributed by atoms with Crippen LogP contribution >= 0.6 is 0 Å². The van der Waals surface area contributed by atoms with Crippen LogP contribution in [-0.2, 0) is 50.4 Å². The first kappa shape index (κ1) is 32.4. The molecule has 0 unspecified atom stereocenters. The molecule has 0 radical (unpaired) electrons. The second-order valence-electron chi connectivity index (χ2n) is 12.1. The normalized spacial score (nSPS) is 12.6. The van der Waals surface area contributed by atoms with E-state index >= 15 is 0 Å². The largest absolute Gasteiger partial charge is 0.351 e. The molecule has 0 aliphatic carbocycles. The smallest absolute Gasteiger partial charge is 0.269 e. The summed E-state index contributed by atoms with van der Waals surface area (Å²) >= 11 is 0. The zero-order chi connectivity index (χ0) is 29.4.